The van der Waals surface area contributed by atoms with Gasteiger partial charge in [0.1, 0.15) is 0 Å². The van der Waals surface area contributed by atoms with Crippen LogP contribution in [0.15, 0.2) is 24.4 Å². The van der Waals surface area contributed by atoms with Crippen molar-refractivity contribution < 1.29 is 8.42 Å². The van der Waals surface area contributed by atoms with Gasteiger partial charge in [-0.25, -0.2) is 13.6 Å². The first kappa shape index (κ1) is 20.0. The molecular weight excluding hydrogens is 334 g/mol. The summed E-state index contributed by atoms with van der Waals surface area (Å²) in [4.78, 5) is 2.28. The van der Waals surface area contributed by atoms with E-state index in [0.29, 0.717) is 6.42 Å². The van der Waals surface area contributed by atoms with Crippen molar-refractivity contribution in [3.63, 3.8) is 0 Å². The van der Waals surface area contributed by atoms with Gasteiger partial charge in [0.05, 0.1) is 5.75 Å². The van der Waals surface area contributed by atoms with Gasteiger partial charge < -0.3 is 9.47 Å². The first-order valence-electron chi connectivity index (χ1n) is 7.56. The maximum absolute atomic E-state index is 11.1. The maximum atomic E-state index is 11.1. The molecule has 0 unspecified atom stereocenters. The Bertz CT molecular complexity index is 756. The molecule has 0 aliphatic heterocycles. The van der Waals surface area contributed by atoms with Crippen molar-refractivity contribution in [2.24, 2.45) is 12.2 Å². The number of sulfonamides is 1. The lowest BCUT2D eigenvalue weighted by Gasteiger charge is -2.12. The van der Waals surface area contributed by atoms with E-state index in [1.165, 1.54) is 16.5 Å². The first-order chi connectivity index (χ1) is 10.3. The number of halogens is 1. The Morgan fingerprint density at radius 2 is 1.96 bits per heavy atom. The third kappa shape index (κ3) is 5.49. The van der Waals surface area contributed by atoms with Gasteiger partial charge in [-0.15, -0.1) is 12.4 Å². The molecule has 0 aliphatic rings. The zero-order valence-electron chi connectivity index (χ0n) is 13.9. The predicted octanol–water partition coefficient (Wildman–Crippen LogP) is 1.93. The SMILES string of the molecule is CCN(C)CCc1cn(C)c2ccc(CCS(N)(=O)=O)cc12.Cl. The number of likely N-dealkylation sites (N-methyl/N-ethyl adjacent to an activating group) is 1. The molecule has 1 aromatic carbocycles. The highest BCUT2D eigenvalue weighted by atomic mass is 35.5. The summed E-state index contributed by atoms with van der Waals surface area (Å²) in [6, 6.07) is 6.14. The molecule has 0 radical (unpaired) electrons. The largest absolute Gasteiger partial charge is 0.350 e. The Labute approximate surface area is 144 Å². The van der Waals surface area contributed by atoms with Gasteiger partial charge in [-0.2, -0.15) is 0 Å². The lowest BCUT2D eigenvalue weighted by atomic mass is 10.1. The normalized spacial score (nSPS) is 11.9. The summed E-state index contributed by atoms with van der Waals surface area (Å²) >= 11 is 0. The molecule has 23 heavy (non-hydrogen) atoms. The Hall–Kier alpha value is -1.08. The quantitative estimate of drug-likeness (QED) is 0.821. The summed E-state index contributed by atoms with van der Waals surface area (Å²) in [7, 11) is 0.738. The molecular formula is C16H26ClN3O2S. The number of hydrogen-bond acceptors (Lipinski definition) is 3. The number of benzene rings is 1. The van der Waals surface area contributed by atoms with Crippen LogP contribution in [0.1, 0.15) is 18.1 Å². The minimum absolute atomic E-state index is 0. The zero-order chi connectivity index (χ0) is 16.3. The standard InChI is InChI=1S/C16H25N3O2S.ClH/c1-4-18(2)9-7-14-12-19(3)16-6-5-13(11-15(14)16)8-10-22(17,20)21;/h5-6,11-12H,4,7-10H2,1-3H3,(H2,17,20,21);1H. The van der Waals surface area contributed by atoms with Crippen molar-refractivity contribution in [1.82, 2.24) is 9.47 Å². The van der Waals surface area contributed by atoms with Crippen LogP contribution in [0.3, 0.4) is 0 Å². The molecule has 130 valence electrons. The van der Waals surface area contributed by atoms with E-state index in [4.69, 9.17) is 5.14 Å². The van der Waals surface area contributed by atoms with Gasteiger partial charge >= 0.3 is 0 Å². The van der Waals surface area contributed by atoms with E-state index in [0.717, 1.165) is 25.1 Å². The van der Waals surface area contributed by atoms with Crippen molar-refractivity contribution in [3.05, 3.63) is 35.5 Å². The monoisotopic (exact) mass is 359 g/mol. The van der Waals surface area contributed by atoms with Gasteiger partial charge in [0.15, 0.2) is 0 Å². The Balaban J connectivity index is 0.00000264. The number of fused-ring (bicyclic) bond motifs is 1. The van der Waals surface area contributed by atoms with Crippen LogP contribution in [-0.2, 0) is 29.9 Å². The van der Waals surface area contributed by atoms with Crippen molar-refractivity contribution in [2.45, 2.75) is 19.8 Å². The van der Waals surface area contributed by atoms with Gasteiger partial charge in [0.2, 0.25) is 10.0 Å². The van der Waals surface area contributed by atoms with Gasteiger partial charge in [-0.1, -0.05) is 13.0 Å². The van der Waals surface area contributed by atoms with E-state index in [2.05, 4.69) is 41.8 Å². The summed E-state index contributed by atoms with van der Waals surface area (Å²) in [5, 5.41) is 6.30. The van der Waals surface area contributed by atoms with E-state index in [9.17, 15) is 8.42 Å². The molecule has 0 spiro atoms. The zero-order valence-corrected chi connectivity index (χ0v) is 15.6. The number of aromatic nitrogens is 1. The van der Waals surface area contributed by atoms with Crippen molar-refractivity contribution in [3.8, 4) is 0 Å². The summed E-state index contributed by atoms with van der Waals surface area (Å²) < 4.78 is 24.4. The van der Waals surface area contributed by atoms with Crippen LogP contribution in [0.2, 0.25) is 0 Å². The molecule has 0 amide bonds. The molecule has 0 saturated heterocycles. The van der Waals surface area contributed by atoms with E-state index in [-0.39, 0.29) is 18.2 Å². The highest BCUT2D eigenvalue weighted by Crippen LogP contribution is 2.23. The van der Waals surface area contributed by atoms with Gasteiger partial charge in [0.25, 0.3) is 0 Å². The Morgan fingerprint density at radius 3 is 2.57 bits per heavy atom. The number of primary sulfonamides is 1. The topological polar surface area (TPSA) is 68.3 Å². The number of rotatable bonds is 7. The van der Waals surface area contributed by atoms with E-state index in [1.54, 1.807) is 0 Å². The van der Waals surface area contributed by atoms with Crippen molar-refractivity contribution in [2.75, 3.05) is 25.9 Å². The second-order valence-corrected chi connectivity index (χ2v) is 7.61. The van der Waals surface area contributed by atoms with Crippen LogP contribution in [0.4, 0.5) is 0 Å². The second kappa shape index (κ2) is 8.15. The fourth-order valence-corrected chi connectivity index (χ4v) is 3.13. The number of nitrogens with zero attached hydrogens (tertiary/aromatic N) is 2. The molecule has 0 atom stereocenters. The average molecular weight is 360 g/mol. The summed E-state index contributed by atoms with van der Waals surface area (Å²) in [5.74, 6) is -0.0146. The molecule has 0 bridgehead atoms. The molecule has 2 aromatic rings. The molecule has 0 aliphatic carbocycles. The van der Waals surface area contributed by atoms with E-state index in [1.807, 2.05) is 13.1 Å². The Kier molecular flexibility index (Phi) is 7.07. The molecule has 5 nitrogen and oxygen atoms in total. The first-order valence-corrected chi connectivity index (χ1v) is 9.27. The minimum atomic E-state index is -3.42. The smallest absolute Gasteiger partial charge is 0.209 e. The fraction of sp³-hybridized carbons (Fsp3) is 0.500. The third-order valence-electron chi connectivity index (χ3n) is 4.11. The van der Waals surface area contributed by atoms with Crippen LogP contribution in [0, 0.1) is 0 Å². The fourth-order valence-electron chi connectivity index (χ4n) is 2.61. The number of aryl methyl sites for hydroxylation is 2. The van der Waals surface area contributed by atoms with Gasteiger partial charge in [-0.05, 0) is 49.7 Å². The minimum Gasteiger partial charge on any atom is -0.350 e. The van der Waals surface area contributed by atoms with Crippen LogP contribution >= 0.6 is 12.4 Å². The van der Waals surface area contributed by atoms with Gasteiger partial charge in [-0.3, -0.25) is 0 Å². The van der Waals surface area contributed by atoms with Crippen LogP contribution in [-0.4, -0.2) is 43.8 Å². The third-order valence-corrected chi connectivity index (χ3v) is 4.89. The van der Waals surface area contributed by atoms with E-state index >= 15 is 0 Å². The van der Waals surface area contributed by atoms with Crippen LogP contribution in [0.5, 0.6) is 0 Å². The second-order valence-electron chi connectivity index (χ2n) is 5.88. The van der Waals surface area contributed by atoms with Crippen LogP contribution < -0.4 is 5.14 Å². The molecule has 7 heteroatoms. The molecule has 1 heterocycles. The molecule has 1 aromatic heterocycles. The average Bonchev–Trinajstić information content (AvgIpc) is 2.78. The Morgan fingerprint density at radius 1 is 1.26 bits per heavy atom. The summed E-state index contributed by atoms with van der Waals surface area (Å²) in [5.41, 5.74) is 3.49. The highest BCUT2D eigenvalue weighted by molar-refractivity contribution is 7.89. The summed E-state index contributed by atoms with van der Waals surface area (Å²) in [6.07, 6.45) is 3.61. The summed E-state index contributed by atoms with van der Waals surface area (Å²) in [6.45, 7) is 4.19. The predicted molar refractivity (Wildman–Crippen MR) is 98.7 cm³/mol. The van der Waals surface area contributed by atoms with Crippen molar-refractivity contribution in [1.29, 1.82) is 0 Å². The molecule has 2 rings (SSSR count). The lowest BCUT2D eigenvalue weighted by Crippen LogP contribution is -2.20. The van der Waals surface area contributed by atoms with Gasteiger partial charge in [0, 0.05) is 30.7 Å². The van der Waals surface area contributed by atoms with Crippen molar-refractivity contribution >= 4 is 33.3 Å². The maximum Gasteiger partial charge on any atom is 0.209 e. The van der Waals surface area contributed by atoms with E-state index < -0.39 is 10.0 Å². The highest BCUT2D eigenvalue weighted by Gasteiger charge is 2.10. The molecule has 0 saturated carbocycles. The number of hydrogen-bond donors (Lipinski definition) is 1. The molecule has 2 N–H and O–H groups in total. The molecule has 0 fully saturated rings. The van der Waals surface area contributed by atoms with Crippen LogP contribution in [0.25, 0.3) is 10.9 Å². The lowest BCUT2D eigenvalue weighted by molar-refractivity contribution is 0.358. The number of nitrogens with two attached hydrogens (primary N) is 1.